The summed E-state index contributed by atoms with van der Waals surface area (Å²) in [5.74, 6) is 0. The van der Waals surface area contributed by atoms with Crippen molar-refractivity contribution >= 4 is 27.1 Å². The summed E-state index contributed by atoms with van der Waals surface area (Å²) in [6.07, 6.45) is 1.08. The molecule has 0 heterocycles. The first-order chi connectivity index (χ1) is 6.97. The van der Waals surface area contributed by atoms with Crippen LogP contribution in [0.5, 0.6) is 0 Å². The van der Waals surface area contributed by atoms with Gasteiger partial charge < -0.3 is 0 Å². The maximum absolute atomic E-state index is 9.76. The molecule has 0 saturated carbocycles. The van der Waals surface area contributed by atoms with Gasteiger partial charge in [-0.05, 0) is 0 Å². The molecule has 0 radical (unpaired) electrons. The molecule has 0 rings (SSSR count). The SMILES string of the molecule is CCC(CP(O)(O)(O)CC)SC[Si](C)(C)C. The van der Waals surface area contributed by atoms with E-state index >= 15 is 0 Å². The second-order valence-electron chi connectivity index (χ2n) is 5.74. The van der Waals surface area contributed by atoms with E-state index in [4.69, 9.17) is 0 Å². The van der Waals surface area contributed by atoms with Gasteiger partial charge >= 0.3 is 105 Å². The van der Waals surface area contributed by atoms with Gasteiger partial charge in [0, 0.05) is 0 Å². The Hall–Kier alpha value is 0.877. The van der Waals surface area contributed by atoms with Gasteiger partial charge in [-0.2, -0.15) is 0 Å². The molecule has 1 unspecified atom stereocenters. The van der Waals surface area contributed by atoms with Crippen LogP contribution in [0.4, 0.5) is 0 Å². The molecule has 0 aliphatic carbocycles. The Labute approximate surface area is 105 Å². The second-order valence-corrected chi connectivity index (χ2v) is 16.7. The van der Waals surface area contributed by atoms with Gasteiger partial charge in [0.2, 0.25) is 0 Å². The number of rotatable bonds is 7. The molecule has 1 atom stereocenters. The first-order valence-corrected chi connectivity index (χ1v) is 13.1. The molecule has 3 N–H and O–H groups in total. The minimum absolute atomic E-state index is 0.0651. The Balaban J connectivity index is 4.32. The van der Waals surface area contributed by atoms with E-state index in [1.54, 1.807) is 18.7 Å². The zero-order valence-electron chi connectivity index (χ0n) is 11.1. The fraction of sp³-hybridized carbons (Fsp3) is 1.00. The Morgan fingerprint density at radius 2 is 1.62 bits per heavy atom. The van der Waals surface area contributed by atoms with E-state index in [0.29, 0.717) is 0 Å². The quantitative estimate of drug-likeness (QED) is 0.497. The monoisotopic (exact) mass is 286 g/mol. The standard InChI is InChI=1S/C10H27O3PSSi/c1-6-10(15-9-16(3,4)5)8-14(11,12,13)7-2/h10-13H,6-9H2,1-5H3. The summed E-state index contributed by atoms with van der Waals surface area (Å²) in [6, 6.07) is 0. The van der Waals surface area contributed by atoms with Gasteiger partial charge in [-0.1, -0.05) is 0 Å². The van der Waals surface area contributed by atoms with E-state index in [2.05, 4.69) is 19.6 Å². The predicted molar refractivity (Wildman–Crippen MR) is 78.9 cm³/mol. The van der Waals surface area contributed by atoms with Crippen molar-refractivity contribution in [3.8, 4) is 0 Å². The van der Waals surface area contributed by atoms with Gasteiger partial charge in [0.1, 0.15) is 0 Å². The molecule has 0 aliphatic rings. The van der Waals surface area contributed by atoms with Crippen LogP contribution < -0.4 is 0 Å². The molecule has 0 fully saturated rings. The summed E-state index contributed by atoms with van der Waals surface area (Å²) in [4.78, 5) is 29.3. The van der Waals surface area contributed by atoms with Gasteiger partial charge in [0.25, 0.3) is 0 Å². The van der Waals surface area contributed by atoms with Crippen molar-refractivity contribution in [2.45, 2.75) is 45.2 Å². The predicted octanol–water partition coefficient (Wildman–Crippen LogP) is 2.67. The van der Waals surface area contributed by atoms with Crippen molar-refractivity contribution in [2.24, 2.45) is 0 Å². The van der Waals surface area contributed by atoms with Crippen molar-refractivity contribution in [2.75, 3.05) is 17.7 Å². The average molecular weight is 286 g/mol. The van der Waals surface area contributed by atoms with Crippen molar-refractivity contribution in [1.29, 1.82) is 0 Å². The number of hydrogen-bond donors (Lipinski definition) is 3. The van der Waals surface area contributed by atoms with E-state index in [9.17, 15) is 14.7 Å². The number of hydrogen-bond acceptors (Lipinski definition) is 4. The Kier molecular flexibility index (Phi) is 5.99. The summed E-state index contributed by atoms with van der Waals surface area (Å²) in [7, 11) is -5.44. The first kappa shape index (κ1) is 16.9. The summed E-state index contributed by atoms with van der Waals surface area (Å²) in [6.45, 7) is 10.5. The number of thioether (sulfide) groups is 1. The molecule has 0 saturated heterocycles. The van der Waals surface area contributed by atoms with E-state index in [1.807, 2.05) is 6.92 Å². The average Bonchev–Trinajstić information content (AvgIpc) is 2.10. The van der Waals surface area contributed by atoms with Crippen LogP contribution in [0.25, 0.3) is 0 Å². The second kappa shape index (κ2) is 5.68. The van der Waals surface area contributed by atoms with Crippen LogP contribution in [0.1, 0.15) is 20.3 Å². The Morgan fingerprint density at radius 3 is 1.94 bits per heavy atom. The summed E-state index contributed by atoms with van der Waals surface area (Å²) >= 11 is 1.78. The van der Waals surface area contributed by atoms with Gasteiger partial charge in [-0.25, -0.2) is 0 Å². The Bertz CT molecular complexity index is 222. The van der Waals surface area contributed by atoms with Crippen molar-refractivity contribution in [1.82, 2.24) is 0 Å². The molecule has 0 bridgehead atoms. The summed E-state index contributed by atoms with van der Waals surface area (Å²) in [5, 5.41) is 1.26. The van der Waals surface area contributed by atoms with Crippen LogP contribution in [-0.4, -0.2) is 45.7 Å². The van der Waals surface area contributed by atoms with E-state index < -0.39 is 15.4 Å². The van der Waals surface area contributed by atoms with Gasteiger partial charge in [0.15, 0.2) is 0 Å². The van der Waals surface area contributed by atoms with Crippen molar-refractivity contribution in [3.05, 3.63) is 0 Å². The van der Waals surface area contributed by atoms with E-state index in [-0.39, 0.29) is 17.6 Å². The topological polar surface area (TPSA) is 60.7 Å². The summed E-state index contributed by atoms with van der Waals surface area (Å²) < 4.78 is 0. The molecule has 0 spiro atoms. The van der Waals surface area contributed by atoms with E-state index in [0.717, 1.165) is 11.8 Å². The molecular weight excluding hydrogens is 259 g/mol. The van der Waals surface area contributed by atoms with Gasteiger partial charge in [0.05, 0.1) is 0 Å². The molecule has 0 aliphatic heterocycles. The van der Waals surface area contributed by atoms with E-state index in [1.165, 1.54) is 0 Å². The normalized spacial score (nSPS) is 17.9. The third kappa shape index (κ3) is 8.04. The van der Waals surface area contributed by atoms with Gasteiger partial charge in [-0.15, -0.1) is 0 Å². The third-order valence-electron chi connectivity index (χ3n) is 2.43. The fourth-order valence-corrected chi connectivity index (χ4v) is 7.08. The van der Waals surface area contributed by atoms with Crippen LogP contribution in [0.2, 0.25) is 19.6 Å². The Morgan fingerprint density at radius 1 is 1.12 bits per heavy atom. The fourth-order valence-electron chi connectivity index (χ4n) is 1.21. The molecule has 0 aromatic heterocycles. The summed E-state index contributed by atoms with van der Waals surface area (Å²) in [5.41, 5.74) is 0. The maximum atomic E-state index is 9.76. The molecule has 16 heavy (non-hydrogen) atoms. The van der Waals surface area contributed by atoms with Crippen LogP contribution in [0.15, 0.2) is 0 Å². The van der Waals surface area contributed by atoms with Gasteiger partial charge in [-0.3, -0.25) is 0 Å². The molecule has 100 valence electrons. The zero-order chi connectivity index (χ0) is 13.1. The van der Waals surface area contributed by atoms with Crippen LogP contribution >= 0.6 is 19.0 Å². The third-order valence-corrected chi connectivity index (χ3v) is 10.3. The molecular formula is C10H27O3PSSi. The minimum atomic E-state index is -4.33. The zero-order valence-corrected chi connectivity index (χ0v) is 13.8. The van der Waals surface area contributed by atoms with Crippen LogP contribution in [0, 0.1) is 0 Å². The molecule has 3 nitrogen and oxygen atoms in total. The van der Waals surface area contributed by atoms with Crippen LogP contribution in [0.3, 0.4) is 0 Å². The van der Waals surface area contributed by atoms with Crippen LogP contribution in [-0.2, 0) is 0 Å². The molecule has 0 aromatic rings. The first-order valence-electron chi connectivity index (χ1n) is 5.84. The van der Waals surface area contributed by atoms with Crippen molar-refractivity contribution < 1.29 is 14.7 Å². The van der Waals surface area contributed by atoms with Crippen molar-refractivity contribution in [3.63, 3.8) is 0 Å². The molecule has 0 aromatic carbocycles. The molecule has 6 heteroatoms. The molecule has 0 amide bonds.